The molecule has 0 heterocycles. The summed E-state index contributed by atoms with van der Waals surface area (Å²) in [5.41, 5.74) is 0.964. The fourth-order valence-electron chi connectivity index (χ4n) is 1.65. The number of benzene rings is 1. The predicted molar refractivity (Wildman–Crippen MR) is 64.4 cm³/mol. The highest BCUT2D eigenvalue weighted by Crippen LogP contribution is 2.07. The van der Waals surface area contributed by atoms with Crippen molar-refractivity contribution in [2.45, 2.75) is 32.4 Å². The van der Waals surface area contributed by atoms with E-state index in [0.29, 0.717) is 6.42 Å². The summed E-state index contributed by atoms with van der Waals surface area (Å²) in [4.78, 5) is 22.2. The minimum Gasteiger partial charge on any atom is -0.383 e. The van der Waals surface area contributed by atoms with Crippen LogP contribution in [0.2, 0.25) is 0 Å². The van der Waals surface area contributed by atoms with E-state index in [0.717, 1.165) is 5.56 Å². The smallest absolute Gasteiger partial charge is 0.217 e. The van der Waals surface area contributed by atoms with Crippen LogP contribution in [0.25, 0.3) is 0 Å². The van der Waals surface area contributed by atoms with Crippen molar-refractivity contribution in [3.8, 4) is 0 Å². The summed E-state index contributed by atoms with van der Waals surface area (Å²) in [7, 11) is 0. The maximum absolute atomic E-state index is 11.2. The molecule has 1 amide bonds. The Hall–Kier alpha value is -1.68. The zero-order chi connectivity index (χ0) is 12.8. The third-order valence-electron chi connectivity index (χ3n) is 2.48. The third kappa shape index (κ3) is 4.36. The lowest BCUT2D eigenvalue weighted by Gasteiger charge is -2.21. The lowest BCUT2D eigenvalue weighted by molar-refractivity contribution is -0.128. The van der Waals surface area contributed by atoms with Crippen LogP contribution in [0.5, 0.6) is 0 Å². The van der Waals surface area contributed by atoms with Gasteiger partial charge in [-0.1, -0.05) is 30.3 Å². The average Bonchev–Trinajstić information content (AvgIpc) is 2.28. The molecule has 0 unspecified atom stereocenters. The monoisotopic (exact) mass is 235 g/mol. The number of Topliss-reactive ketones (excluding diaryl/α,β-unsaturated/α-hetero) is 1. The Morgan fingerprint density at radius 1 is 1.24 bits per heavy atom. The number of ketones is 1. The van der Waals surface area contributed by atoms with Crippen molar-refractivity contribution in [2.75, 3.05) is 0 Å². The minimum atomic E-state index is -1.17. The molecule has 4 heteroatoms. The van der Waals surface area contributed by atoms with Crippen molar-refractivity contribution in [2.24, 2.45) is 0 Å². The standard InChI is InChI=1S/C13H17NO3/c1-9(15)13(17)12(14-10(2)16)8-11-6-4-3-5-7-11/h3-7,12-13,17H,8H2,1-2H3,(H,14,16)/t12-,13+/m0/s1. The number of rotatable bonds is 5. The van der Waals surface area contributed by atoms with Gasteiger partial charge in [0.1, 0.15) is 6.10 Å². The molecule has 0 aromatic heterocycles. The van der Waals surface area contributed by atoms with Crippen molar-refractivity contribution >= 4 is 11.7 Å². The molecule has 0 saturated carbocycles. The summed E-state index contributed by atoms with van der Waals surface area (Å²) in [6.07, 6.45) is -0.736. The van der Waals surface area contributed by atoms with Gasteiger partial charge in [-0.2, -0.15) is 0 Å². The van der Waals surface area contributed by atoms with E-state index in [1.165, 1.54) is 13.8 Å². The number of carbonyl (C=O) groups excluding carboxylic acids is 2. The zero-order valence-corrected chi connectivity index (χ0v) is 10.0. The van der Waals surface area contributed by atoms with Crippen molar-refractivity contribution < 1.29 is 14.7 Å². The van der Waals surface area contributed by atoms with Crippen LogP contribution < -0.4 is 5.32 Å². The molecular formula is C13H17NO3. The molecule has 0 bridgehead atoms. The molecule has 0 aliphatic heterocycles. The first kappa shape index (κ1) is 13.4. The van der Waals surface area contributed by atoms with Crippen LogP contribution in [0.4, 0.5) is 0 Å². The Kier molecular flexibility index (Phi) is 4.84. The van der Waals surface area contributed by atoms with E-state index < -0.39 is 12.1 Å². The molecule has 0 spiro atoms. The van der Waals surface area contributed by atoms with Gasteiger partial charge in [-0.15, -0.1) is 0 Å². The molecule has 17 heavy (non-hydrogen) atoms. The summed E-state index contributed by atoms with van der Waals surface area (Å²) < 4.78 is 0. The molecule has 2 N–H and O–H groups in total. The molecule has 1 aromatic rings. The van der Waals surface area contributed by atoms with E-state index in [9.17, 15) is 14.7 Å². The van der Waals surface area contributed by atoms with Gasteiger partial charge >= 0.3 is 0 Å². The number of hydrogen-bond acceptors (Lipinski definition) is 3. The third-order valence-corrected chi connectivity index (χ3v) is 2.48. The average molecular weight is 235 g/mol. The SMILES string of the molecule is CC(=O)N[C@@H](Cc1ccccc1)[C@H](O)C(C)=O. The van der Waals surface area contributed by atoms with Crippen LogP contribution in [0, 0.1) is 0 Å². The highest BCUT2D eigenvalue weighted by Gasteiger charge is 2.23. The lowest BCUT2D eigenvalue weighted by Crippen LogP contribution is -2.46. The van der Waals surface area contributed by atoms with Crippen LogP contribution >= 0.6 is 0 Å². The maximum atomic E-state index is 11.2. The molecule has 2 atom stereocenters. The fraction of sp³-hybridized carbons (Fsp3) is 0.385. The Balaban J connectivity index is 2.77. The highest BCUT2D eigenvalue weighted by atomic mass is 16.3. The Labute approximate surface area is 101 Å². The summed E-state index contributed by atoms with van der Waals surface area (Å²) in [5, 5.41) is 12.3. The van der Waals surface area contributed by atoms with E-state index in [1.54, 1.807) is 0 Å². The number of aliphatic hydroxyl groups excluding tert-OH is 1. The predicted octanol–water partition coefficient (Wildman–Crippen LogP) is 0.684. The zero-order valence-electron chi connectivity index (χ0n) is 10.0. The first-order valence-corrected chi connectivity index (χ1v) is 5.50. The largest absolute Gasteiger partial charge is 0.383 e. The molecule has 0 radical (unpaired) electrons. The summed E-state index contributed by atoms with van der Waals surface area (Å²) in [5.74, 6) is -0.606. The van der Waals surface area contributed by atoms with Crippen molar-refractivity contribution in [3.63, 3.8) is 0 Å². The van der Waals surface area contributed by atoms with E-state index in [4.69, 9.17) is 0 Å². The Bertz CT molecular complexity index is 389. The van der Waals surface area contributed by atoms with Crippen molar-refractivity contribution in [1.29, 1.82) is 0 Å². The van der Waals surface area contributed by atoms with E-state index >= 15 is 0 Å². The van der Waals surface area contributed by atoms with Gasteiger partial charge in [-0.05, 0) is 18.9 Å². The van der Waals surface area contributed by atoms with Gasteiger partial charge in [0.05, 0.1) is 6.04 Å². The summed E-state index contributed by atoms with van der Waals surface area (Å²) >= 11 is 0. The van der Waals surface area contributed by atoms with Crippen LogP contribution in [0.15, 0.2) is 30.3 Å². The van der Waals surface area contributed by atoms with Crippen LogP contribution in [0.1, 0.15) is 19.4 Å². The first-order chi connectivity index (χ1) is 8.00. The van der Waals surface area contributed by atoms with E-state index in [1.807, 2.05) is 30.3 Å². The highest BCUT2D eigenvalue weighted by molar-refractivity contribution is 5.82. The number of aliphatic hydroxyl groups is 1. The number of carbonyl (C=O) groups is 2. The van der Waals surface area contributed by atoms with Gasteiger partial charge in [0, 0.05) is 6.92 Å². The Morgan fingerprint density at radius 3 is 2.29 bits per heavy atom. The normalized spacial score (nSPS) is 13.8. The second-order valence-electron chi connectivity index (χ2n) is 4.05. The molecule has 1 aromatic carbocycles. The topological polar surface area (TPSA) is 66.4 Å². The van der Waals surface area contributed by atoms with E-state index in [2.05, 4.69) is 5.32 Å². The van der Waals surface area contributed by atoms with Crippen LogP contribution in [-0.2, 0) is 16.0 Å². The number of amides is 1. The van der Waals surface area contributed by atoms with Gasteiger partial charge in [0.25, 0.3) is 0 Å². The maximum Gasteiger partial charge on any atom is 0.217 e. The molecule has 4 nitrogen and oxygen atoms in total. The van der Waals surface area contributed by atoms with Crippen LogP contribution in [0.3, 0.4) is 0 Å². The Morgan fingerprint density at radius 2 is 1.82 bits per heavy atom. The molecule has 0 aliphatic carbocycles. The fourth-order valence-corrected chi connectivity index (χ4v) is 1.65. The quantitative estimate of drug-likeness (QED) is 0.789. The molecule has 0 aliphatic rings. The second-order valence-corrected chi connectivity index (χ2v) is 4.05. The molecule has 1 rings (SSSR count). The second kappa shape index (κ2) is 6.15. The van der Waals surface area contributed by atoms with Crippen molar-refractivity contribution in [1.82, 2.24) is 5.32 Å². The van der Waals surface area contributed by atoms with Crippen LogP contribution in [-0.4, -0.2) is 28.9 Å². The number of nitrogens with one attached hydrogen (secondary N) is 1. The molecule has 92 valence electrons. The minimum absolute atomic E-state index is 0.258. The molecule has 0 saturated heterocycles. The lowest BCUT2D eigenvalue weighted by atomic mass is 9.99. The molecule has 0 fully saturated rings. The number of hydrogen-bond donors (Lipinski definition) is 2. The first-order valence-electron chi connectivity index (χ1n) is 5.50. The summed E-state index contributed by atoms with van der Waals surface area (Å²) in [6.45, 7) is 2.68. The van der Waals surface area contributed by atoms with Gasteiger partial charge < -0.3 is 10.4 Å². The van der Waals surface area contributed by atoms with Crippen molar-refractivity contribution in [3.05, 3.63) is 35.9 Å². The van der Waals surface area contributed by atoms with Gasteiger partial charge in [0.15, 0.2) is 5.78 Å². The van der Waals surface area contributed by atoms with Gasteiger partial charge in [-0.3, -0.25) is 9.59 Å². The van der Waals surface area contributed by atoms with Gasteiger partial charge in [-0.25, -0.2) is 0 Å². The molecular weight excluding hydrogens is 218 g/mol. The summed E-state index contributed by atoms with van der Waals surface area (Å²) in [6, 6.07) is 8.84. The van der Waals surface area contributed by atoms with Gasteiger partial charge in [0.2, 0.25) is 5.91 Å². The van der Waals surface area contributed by atoms with E-state index in [-0.39, 0.29) is 11.7 Å².